The Labute approximate surface area is 175 Å². The Morgan fingerprint density at radius 3 is 2.27 bits per heavy atom. The highest BCUT2D eigenvalue weighted by Crippen LogP contribution is 2.30. The monoisotopic (exact) mass is 408 g/mol. The minimum Gasteiger partial charge on any atom is -0.493 e. The van der Waals surface area contributed by atoms with Gasteiger partial charge < -0.3 is 24.3 Å². The smallest absolute Gasteiger partial charge is 0.262 e. The van der Waals surface area contributed by atoms with Crippen LogP contribution in [0.1, 0.15) is 18.4 Å². The summed E-state index contributed by atoms with van der Waals surface area (Å²) >= 11 is 0. The Kier molecular flexibility index (Phi) is 7.17. The summed E-state index contributed by atoms with van der Waals surface area (Å²) in [5.41, 5.74) is 0.731. The molecular weight excluding hydrogens is 384 g/mol. The number of nitriles is 1. The van der Waals surface area contributed by atoms with Crippen LogP contribution in [0.4, 0.5) is 0 Å². The summed E-state index contributed by atoms with van der Waals surface area (Å²) in [4.78, 5) is 12.1. The van der Waals surface area contributed by atoms with Gasteiger partial charge in [0.05, 0.1) is 14.2 Å². The molecule has 1 fully saturated rings. The maximum Gasteiger partial charge on any atom is 0.262 e. The fourth-order valence-corrected chi connectivity index (χ4v) is 2.74. The number of hydrogen-bond donors (Lipinski definition) is 1. The molecule has 1 aliphatic rings. The van der Waals surface area contributed by atoms with Gasteiger partial charge in [0.15, 0.2) is 23.0 Å². The number of benzene rings is 2. The Balaban J connectivity index is 1.60. The molecule has 0 aliphatic heterocycles. The van der Waals surface area contributed by atoms with Gasteiger partial charge in [0.1, 0.15) is 24.9 Å². The summed E-state index contributed by atoms with van der Waals surface area (Å²) in [6.07, 6.45) is 3.46. The molecule has 3 rings (SSSR count). The molecule has 1 amide bonds. The van der Waals surface area contributed by atoms with E-state index in [1.165, 1.54) is 13.2 Å². The lowest BCUT2D eigenvalue weighted by Crippen LogP contribution is -2.26. The summed E-state index contributed by atoms with van der Waals surface area (Å²) in [6, 6.07) is 14.8. The number of nitrogens with zero attached hydrogens (tertiary/aromatic N) is 1. The first kappa shape index (κ1) is 21.1. The second kappa shape index (κ2) is 10.2. The van der Waals surface area contributed by atoms with Crippen molar-refractivity contribution in [2.24, 2.45) is 0 Å². The van der Waals surface area contributed by atoms with Crippen LogP contribution in [0.2, 0.25) is 0 Å². The van der Waals surface area contributed by atoms with Gasteiger partial charge in [-0.2, -0.15) is 5.26 Å². The fraction of sp³-hybridized carbons (Fsp3) is 0.304. The van der Waals surface area contributed by atoms with Gasteiger partial charge in [-0.1, -0.05) is 18.2 Å². The van der Waals surface area contributed by atoms with E-state index in [2.05, 4.69) is 5.32 Å². The van der Waals surface area contributed by atoms with E-state index >= 15 is 0 Å². The number of methoxy groups -OCH3 is 2. The van der Waals surface area contributed by atoms with Gasteiger partial charge in [0.2, 0.25) is 0 Å². The first-order valence-electron chi connectivity index (χ1n) is 9.64. The molecule has 0 heterocycles. The van der Waals surface area contributed by atoms with E-state index in [0.29, 0.717) is 41.8 Å². The van der Waals surface area contributed by atoms with E-state index in [9.17, 15) is 10.1 Å². The summed E-state index contributed by atoms with van der Waals surface area (Å²) in [5.74, 6) is 1.99. The molecule has 1 N–H and O–H groups in total. The van der Waals surface area contributed by atoms with Gasteiger partial charge >= 0.3 is 0 Å². The van der Waals surface area contributed by atoms with Crippen LogP contribution in [0.15, 0.2) is 48.0 Å². The molecule has 0 unspecified atom stereocenters. The van der Waals surface area contributed by atoms with E-state index in [1.807, 2.05) is 30.3 Å². The molecule has 2 aromatic rings. The van der Waals surface area contributed by atoms with Crippen LogP contribution >= 0.6 is 0 Å². The third kappa shape index (κ3) is 5.67. The zero-order valence-electron chi connectivity index (χ0n) is 17.0. The highest BCUT2D eigenvalue weighted by atomic mass is 16.5. The van der Waals surface area contributed by atoms with Crippen molar-refractivity contribution in [2.45, 2.75) is 18.9 Å². The second-order valence-corrected chi connectivity index (χ2v) is 6.68. The number of nitrogens with one attached hydrogen (secondary N) is 1. The van der Waals surface area contributed by atoms with E-state index in [4.69, 9.17) is 18.9 Å². The van der Waals surface area contributed by atoms with Crippen LogP contribution in [0.3, 0.4) is 0 Å². The molecule has 1 saturated carbocycles. The lowest BCUT2D eigenvalue weighted by Gasteiger charge is -2.13. The predicted octanol–water partition coefficient (Wildman–Crippen LogP) is 3.35. The lowest BCUT2D eigenvalue weighted by molar-refractivity contribution is -0.117. The van der Waals surface area contributed by atoms with Crippen molar-refractivity contribution >= 4 is 12.0 Å². The Hall–Kier alpha value is -3.66. The molecule has 1 aliphatic carbocycles. The van der Waals surface area contributed by atoms with Gasteiger partial charge in [0, 0.05) is 6.04 Å². The van der Waals surface area contributed by atoms with Gasteiger partial charge in [-0.3, -0.25) is 4.79 Å². The minimum atomic E-state index is -0.354. The second-order valence-electron chi connectivity index (χ2n) is 6.68. The van der Waals surface area contributed by atoms with E-state index in [0.717, 1.165) is 12.8 Å². The maximum absolute atomic E-state index is 12.1. The Morgan fingerprint density at radius 2 is 1.67 bits per heavy atom. The Morgan fingerprint density at radius 1 is 1.03 bits per heavy atom. The van der Waals surface area contributed by atoms with Gasteiger partial charge in [-0.05, 0) is 48.7 Å². The average molecular weight is 408 g/mol. The number of amides is 1. The standard InChI is InChI=1S/C23H24N2O5/c1-27-19-5-3-4-6-20(19)29-11-12-30-21-10-7-16(14-22(21)28-2)13-17(15-24)23(26)25-18-8-9-18/h3-7,10,13-14,18H,8-9,11-12H2,1-2H3,(H,25,26)/b17-13+. The van der Waals surface area contributed by atoms with Crippen LogP contribution in [-0.4, -0.2) is 39.4 Å². The predicted molar refractivity (Wildman–Crippen MR) is 112 cm³/mol. The molecule has 0 atom stereocenters. The first-order valence-corrected chi connectivity index (χ1v) is 9.64. The number of carbonyl (C=O) groups excluding carboxylic acids is 1. The molecule has 7 heteroatoms. The van der Waals surface area contributed by atoms with Crippen molar-refractivity contribution in [2.75, 3.05) is 27.4 Å². The molecule has 156 valence electrons. The molecule has 30 heavy (non-hydrogen) atoms. The van der Waals surface area contributed by atoms with E-state index in [1.54, 1.807) is 25.3 Å². The highest BCUT2D eigenvalue weighted by Gasteiger charge is 2.24. The molecule has 0 aromatic heterocycles. The molecule has 2 aromatic carbocycles. The number of carbonyl (C=O) groups is 1. The third-order valence-corrected chi connectivity index (χ3v) is 4.44. The third-order valence-electron chi connectivity index (χ3n) is 4.44. The first-order chi connectivity index (χ1) is 14.6. The average Bonchev–Trinajstić information content (AvgIpc) is 3.59. The number of rotatable bonds is 10. The van der Waals surface area contributed by atoms with Gasteiger partial charge in [-0.15, -0.1) is 0 Å². The largest absolute Gasteiger partial charge is 0.493 e. The minimum absolute atomic E-state index is 0.0582. The van der Waals surface area contributed by atoms with Crippen LogP contribution < -0.4 is 24.3 Å². The van der Waals surface area contributed by atoms with E-state index in [-0.39, 0.29) is 17.5 Å². The van der Waals surface area contributed by atoms with Crippen molar-refractivity contribution in [1.82, 2.24) is 5.32 Å². The molecule has 0 spiro atoms. The highest BCUT2D eigenvalue weighted by molar-refractivity contribution is 6.02. The van der Waals surface area contributed by atoms with Crippen molar-refractivity contribution in [3.8, 4) is 29.1 Å². The molecule has 7 nitrogen and oxygen atoms in total. The van der Waals surface area contributed by atoms with Crippen LogP contribution in [0.5, 0.6) is 23.0 Å². The number of para-hydroxylation sites is 2. The summed E-state index contributed by atoms with van der Waals surface area (Å²) in [6.45, 7) is 0.627. The quantitative estimate of drug-likeness (QED) is 0.368. The molecule has 0 bridgehead atoms. The topological polar surface area (TPSA) is 89.8 Å². The summed E-state index contributed by atoms with van der Waals surface area (Å²) in [7, 11) is 3.12. The van der Waals surface area contributed by atoms with Crippen molar-refractivity contribution in [3.63, 3.8) is 0 Å². The normalized spacial score (nSPS) is 13.2. The fourth-order valence-electron chi connectivity index (χ4n) is 2.74. The lowest BCUT2D eigenvalue weighted by atomic mass is 10.1. The summed E-state index contributed by atoms with van der Waals surface area (Å²) in [5, 5.41) is 12.1. The molecular formula is C23H24N2O5. The van der Waals surface area contributed by atoms with Crippen LogP contribution in [-0.2, 0) is 4.79 Å². The molecule has 0 radical (unpaired) electrons. The number of hydrogen-bond acceptors (Lipinski definition) is 6. The van der Waals surface area contributed by atoms with Crippen molar-refractivity contribution < 1.29 is 23.7 Å². The van der Waals surface area contributed by atoms with Crippen LogP contribution in [0, 0.1) is 11.3 Å². The zero-order chi connectivity index (χ0) is 21.3. The molecule has 0 saturated heterocycles. The number of ether oxygens (including phenoxy) is 4. The van der Waals surface area contributed by atoms with Crippen molar-refractivity contribution in [1.29, 1.82) is 5.26 Å². The van der Waals surface area contributed by atoms with Crippen molar-refractivity contribution in [3.05, 3.63) is 53.6 Å². The van der Waals surface area contributed by atoms with Crippen LogP contribution in [0.25, 0.3) is 6.08 Å². The van der Waals surface area contributed by atoms with Gasteiger partial charge in [0.25, 0.3) is 5.91 Å². The van der Waals surface area contributed by atoms with Gasteiger partial charge in [-0.25, -0.2) is 0 Å². The maximum atomic E-state index is 12.1. The SMILES string of the molecule is COc1ccccc1OCCOc1ccc(/C=C(\C#N)C(=O)NC2CC2)cc1OC. The summed E-state index contributed by atoms with van der Waals surface area (Å²) < 4.78 is 22.1. The van der Waals surface area contributed by atoms with E-state index < -0.39 is 0 Å². The zero-order valence-corrected chi connectivity index (χ0v) is 17.0. The Bertz CT molecular complexity index is 960.